The van der Waals surface area contributed by atoms with Crippen LogP contribution in [0.15, 0.2) is 47.0 Å². The third-order valence-electron chi connectivity index (χ3n) is 3.97. The predicted octanol–water partition coefficient (Wildman–Crippen LogP) is 3.49. The van der Waals surface area contributed by atoms with Gasteiger partial charge in [0.05, 0.1) is 11.8 Å². The number of allylic oxidation sites excluding steroid dienone is 1. The summed E-state index contributed by atoms with van der Waals surface area (Å²) in [5, 5.41) is 3.65. The first-order valence-electron chi connectivity index (χ1n) is 8.17. The Morgan fingerprint density at radius 3 is 2.80 bits per heavy atom. The minimum absolute atomic E-state index is 0.0854. The summed E-state index contributed by atoms with van der Waals surface area (Å²) in [5.41, 5.74) is 10.7. The third-order valence-corrected chi connectivity index (χ3v) is 3.97. The van der Waals surface area contributed by atoms with Crippen LogP contribution in [0.4, 0.5) is 5.95 Å². The molecule has 6 heteroatoms. The van der Waals surface area contributed by atoms with Gasteiger partial charge in [-0.3, -0.25) is 0 Å². The second kappa shape index (κ2) is 6.05. The molecule has 0 unspecified atom stereocenters. The zero-order chi connectivity index (χ0) is 17.4. The van der Waals surface area contributed by atoms with Crippen molar-refractivity contribution in [2.45, 2.75) is 26.4 Å². The minimum Gasteiger partial charge on any atom is -0.475 e. The van der Waals surface area contributed by atoms with Crippen LogP contribution in [0, 0.1) is 0 Å². The van der Waals surface area contributed by atoms with E-state index >= 15 is 0 Å². The molecule has 1 aliphatic carbocycles. The lowest BCUT2D eigenvalue weighted by atomic mass is 10.00. The molecule has 25 heavy (non-hydrogen) atoms. The molecule has 0 saturated carbocycles. The minimum atomic E-state index is 0.0854. The lowest BCUT2D eigenvalue weighted by Gasteiger charge is -2.11. The highest BCUT2D eigenvalue weighted by atomic mass is 16.5. The van der Waals surface area contributed by atoms with Crippen molar-refractivity contribution in [2.24, 2.45) is 0 Å². The molecule has 3 aromatic rings. The van der Waals surface area contributed by atoms with Gasteiger partial charge in [-0.2, -0.15) is 4.98 Å². The van der Waals surface area contributed by atoms with E-state index in [1.54, 1.807) is 0 Å². The van der Waals surface area contributed by atoms with Crippen LogP contribution >= 0.6 is 0 Å². The number of rotatable bonds is 4. The molecule has 6 nitrogen and oxygen atoms in total. The Morgan fingerprint density at radius 1 is 1.16 bits per heavy atom. The van der Waals surface area contributed by atoms with Gasteiger partial charge in [0.15, 0.2) is 0 Å². The van der Waals surface area contributed by atoms with Gasteiger partial charge in [-0.1, -0.05) is 18.2 Å². The number of ether oxygens (including phenoxy) is 1. The van der Waals surface area contributed by atoms with Crippen molar-refractivity contribution in [2.75, 3.05) is 5.73 Å². The number of fused-ring (bicyclic) bond motifs is 1. The maximum Gasteiger partial charge on any atom is 0.261 e. The molecule has 0 spiro atoms. The summed E-state index contributed by atoms with van der Waals surface area (Å²) in [6.45, 7) is 3.97. The summed E-state index contributed by atoms with van der Waals surface area (Å²) >= 11 is 0. The zero-order valence-corrected chi connectivity index (χ0v) is 14.1. The molecule has 4 rings (SSSR count). The average molecular weight is 334 g/mol. The van der Waals surface area contributed by atoms with Crippen LogP contribution in [0.5, 0.6) is 5.88 Å². The van der Waals surface area contributed by atoms with Crippen LogP contribution in [-0.4, -0.2) is 21.2 Å². The second-order valence-corrected chi connectivity index (χ2v) is 6.18. The molecular formula is C19H18N4O2. The molecule has 1 aliphatic rings. The molecule has 0 amide bonds. The standard InChI is InChI=1S/C19H18N4O2/c1-11(2)24-17-5-3-4-16(21-17)14-9-8-12-6-7-13(10-15(12)14)18-22-19(20)23-25-18/h3-7,9-11H,8H2,1-2H3,(H2,20,23). The Labute approximate surface area is 145 Å². The number of aromatic nitrogens is 3. The first-order valence-corrected chi connectivity index (χ1v) is 8.17. The van der Waals surface area contributed by atoms with E-state index < -0.39 is 0 Å². The number of hydrogen-bond donors (Lipinski definition) is 1. The molecule has 0 aliphatic heterocycles. The van der Waals surface area contributed by atoms with E-state index in [4.69, 9.17) is 15.0 Å². The van der Waals surface area contributed by atoms with Crippen molar-refractivity contribution >= 4 is 11.5 Å². The van der Waals surface area contributed by atoms with Crippen LogP contribution in [-0.2, 0) is 6.42 Å². The van der Waals surface area contributed by atoms with Gasteiger partial charge < -0.3 is 15.0 Å². The van der Waals surface area contributed by atoms with E-state index in [9.17, 15) is 0 Å². The molecule has 2 heterocycles. The van der Waals surface area contributed by atoms with Gasteiger partial charge in [-0.25, -0.2) is 4.98 Å². The maximum atomic E-state index is 5.71. The molecule has 0 bridgehead atoms. The van der Waals surface area contributed by atoms with Crippen molar-refractivity contribution < 1.29 is 9.26 Å². The van der Waals surface area contributed by atoms with Crippen LogP contribution in [0.25, 0.3) is 17.0 Å². The first kappa shape index (κ1) is 15.4. The number of hydrogen-bond acceptors (Lipinski definition) is 6. The third kappa shape index (κ3) is 2.98. The summed E-state index contributed by atoms with van der Waals surface area (Å²) in [6, 6.07) is 11.9. The molecule has 0 saturated heterocycles. The number of benzene rings is 1. The maximum absolute atomic E-state index is 5.71. The van der Waals surface area contributed by atoms with Crippen molar-refractivity contribution in [1.82, 2.24) is 15.1 Å². The highest BCUT2D eigenvalue weighted by molar-refractivity contribution is 5.85. The number of nitrogens with two attached hydrogens (primary N) is 1. The lowest BCUT2D eigenvalue weighted by Crippen LogP contribution is -2.07. The fourth-order valence-electron chi connectivity index (χ4n) is 2.93. The average Bonchev–Trinajstić information content (AvgIpc) is 3.20. The van der Waals surface area contributed by atoms with Gasteiger partial charge in [0.1, 0.15) is 0 Å². The van der Waals surface area contributed by atoms with Gasteiger partial charge in [0.25, 0.3) is 11.8 Å². The SMILES string of the molecule is CC(C)Oc1cccc(C2=CCc3ccc(-c4nc(N)no4)cc32)n1. The predicted molar refractivity (Wildman–Crippen MR) is 94.9 cm³/mol. The van der Waals surface area contributed by atoms with E-state index in [2.05, 4.69) is 27.3 Å². The first-order chi connectivity index (χ1) is 12.1. The Kier molecular flexibility index (Phi) is 3.72. The van der Waals surface area contributed by atoms with Crippen LogP contribution in [0.1, 0.15) is 30.7 Å². The van der Waals surface area contributed by atoms with Crippen molar-refractivity contribution in [3.05, 3.63) is 59.3 Å². The van der Waals surface area contributed by atoms with Gasteiger partial charge in [0, 0.05) is 17.2 Å². The van der Waals surface area contributed by atoms with Gasteiger partial charge >= 0.3 is 0 Å². The Morgan fingerprint density at radius 2 is 2.04 bits per heavy atom. The van der Waals surface area contributed by atoms with Gasteiger partial charge in [-0.15, -0.1) is 0 Å². The Balaban J connectivity index is 1.71. The summed E-state index contributed by atoms with van der Waals surface area (Å²) < 4.78 is 10.9. The summed E-state index contributed by atoms with van der Waals surface area (Å²) in [4.78, 5) is 8.73. The second-order valence-electron chi connectivity index (χ2n) is 6.18. The molecule has 2 N–H and O–H groups in total. The molecule has 0 atom stereocenters. The van der Waals surface area contributed by atoms with Crippen LogP contribution in [0.2, 0.25) is 0 Å². The molecule has 126 valence electrons. The smallest absolute Gasteiger partial charge is 0.261 e. The van der Waals surface area contributed by atoms with Gasteiger partial charge in [-0.05, 0) is 54.8 Å². The molecule has 1 aromatic carbocycles. The highest BCUT2D eigenvalue weighted by Crippen LogP contribution is 2.35. The van der Waals surface area contributed by atoms with E-state index in [1.165, 1.54) is 5.56 Å². The summed E-state index contributed by atoms with van der Waals surface area (Å²) in [7, 11) is 0. The van der Waals surface area contributed by atoms with Crippen LogP contribution < -0.4 is 10.5 Å². The number of anilines is 1. The Hall–Kier alpha value is -3.15. The molecular weight excluding hydrogens is 316 g/mol. The summed E-state index contributed by atoms with van der Waals surface area (Å²) in [6.07, 6.45) is 3.13. The van der Waals surface area contributed by atoms with Gasteiger partial charge in [0.2, 0.25) is 5.88 Å². The van der Waals surface area contributed by atoms with E-state index in [0.29, 0.717) is 11.8 Å². The highest BCUT2D eigenvalue weighted by Gasteiger charge is 2.19. The van der Waals surface area contributed by atoms with Crippen molar-refractivity contribution in [1.29, 1.82) is 0 Å². The number of nitrogen functional groups attached to an aromatic ring is 1. The lowest BCUT2D eigenvalue weighted by molar-refractivity contribution is 0.232. The van der Waals surface area contributed by atoms with Crippen molar-refractivity contribution in [3.8, 4) is 17.3 Å². The normalized spacial score (nSPS) is 13.0. The molecule has 2 aromatic heterocycles. The monoisotopic (exact) mass is 334 g/mol. The largest absolute Gasteiger partial charge is 0.475 e. The number of pyridine rings is 1. The molecule has 0 fully saturated rings. The topological polar surface area (TPSA) is 87.1 Å². The fourth-order valence-corrected chi connectivity index (χ4v) is 2.93. The number of nitrogens with zero attached hydrogens (tertiary/aromatic N) is 3. The summed E-state index contributed by atoms with van der Waals surface area (Å²) in [5.74, 6) is 1.17. The van der Waals surface area contributed by atoms with E-state index in [1.807, 2.05) is 44.2 Å². The van der Waals surface area contributed by atoms with E-state index in [0.717, 1.165) is 28.8 Å². The van der Waals surface area contributed by atoms with Crippen LogP contribution in [0.3, 0.4) is 0 Å². The van der Waals surface area contributed by atoms with Crippen molar-refractivity contribution in [3.63, 3.8) is 0 Å². The quantitative estimate of drug-likeness (QED) is 0.786. The van der Waals surface area contributed by atoms with E-state index in [-0.39, 0.29) is 12.1 Å². The Bertz CT molecular complexity index is 960. The fraction of sp³-hybridized carbons (Fsp3) is 0.211. The zero-order valence-electron chi connectivity index (χ0n) is 14.1. The molecule has 0 radical (unpaired) electrons.